The van der Waals surface area contributed by atoms with Gasteiger partial charge in [0.05, 0.1) is 29.9 Å². The van der Waals surface area contributed by atoms with Crippen molar-refractivity contribution in [3.63, 3.8) is 0 Å². The van der Waals surface area contributed by atoms with Crippen molar-refractivity contribution in [1.29, 1.82) is 0 Å². The van der Waals surface area contributed by atoms with Crippen LogP contribution in [0.4, 0.5) is 4.39 Å². The average Bonchev–Trinajstić information content (AvgIpc) is 2.73. The molecular weight excluding hydrogens is 438 g/mol. The molecule has 0 saturated carbocycles. The predicted octanol–water partition coefficient (Wildman–Crippen LogP) is 7.82. The van der Waals surface area contributed by atoms with E-state index in [1.165, 1.54) is 6.07 Å². The van der Waals surface area contributed by atoms with Crippen molar-refractivity contribution in [2.45, 2.75) is 32.8 Å². The molecule has 0 heterocycles. The monoisotopic (exact) mass is 462 g/mol. The SMILES string of the molecule is CCOc1c(Cl)cc(C(C)(C)COCc2cc(Oc3ccccc3)ccc2F)cc1Cl. The molecule has 0 amide bonds. The minimum atomic E-state index is -0.396. The van der Waals surface area contributed by atoms with E-state index in [4.69, 9.17) is 37.4 Å². The molecule has 0 atom stereocenters. The fourth-order valence-corrected chi connectivity index (χ4v) is 3.68. The fraction of sp³-hybridized carbons (Fsp3) is 0.280. The van der Waals surface area contributed by atoms with Crippen molar-refractivity contribution >= 4 is 23.2 Å². The van der Waals surface area contributed by atoms with E-state index in [0.29, 0.717) is 46.1 Å². The zero-order valence-electron chi connectivity index (χ0n) is 17.8. The van der Waals surface area contributed by atoms with E-state index in [-0.39, 0.29) is 12.4 Å². The Labute approximate surface area is 192 Å². The van der Waals surface area contributed by atoms with Gasteiger partial charge in [0.15, 0.2) is 5.75 Å². The van der Waals surface area contributed by atoms with Crippen LogP contribution in [-0.4, -0.2) is 13.2 Å². The average molecular weight is 463 g/mol. The van der Waals surface area contributed by atoms with Crippen LogP contribution in [0, 0.1) is 5.82 Å². The highest BCUT2D eigenvalue weighted by atomic mass is 35.5. The predicted molar refractivity (Wildman–Crippen MR) is 123 cm³/mol. The van der Waals surface area contributed by atoms with Crippen molar-refractivity contribution in [2.24, 2.45) is 0 Å². The summed E-state index contributed by atoms with van der Waals surface area (Å²) >= 11 is 12.7. The Kier molecular flexibility index (Phi) is 7.82. The minimum Gasteiger partial charge on any atom is -0.491 e. The first kappa shape index (κ1) is 23.4. The molecule has 164 valence electrons. The molecule has 0 unspecified atom stereocenters. The Morgan fingerprint density at radius 1 is 0.903 bits per heavy atom. The molecule has 0 fully saturated rings. The van der Waals surface area contributed by atoms with E-state index in [2.05, 4.69) is 0 Å². The zero-order chi connectivity index (χ0) is 22.4. The highest BCUT2D eigenvalue weighted by Gasteiger charge is 2.24. The van der Waals surface area contributed by atoms with E-state index < -0.39 is 5.41 Å². The maximum atomic E-state index is 14.3. The van der Waals surface area contributed by atoms with E-state index in [1.54, 1.807) is 12.1 Å². The van der Waals surface area contributed by atoms with Crippen LogP contribution >= 0.6 is 23.2 Å². The van der Waals surface area contributed by atoms with Crippen molar-refractivity contribution < 1.29 is 18.6 Å². The van der Waals surface area contributed by atoms with Gasteiger partial charge in [0.25, 0.3) is 0 Å². The van der Waals surface area contributed by atoms with Crippen LogP contribution in [0.2, 0.25) is 10.0 Å². The number of ether oxygens (including phenoxy) is 3. The highest BCUT2D eigenvalue weighted by molar-refractivity contribution is 6.37. The maximum Gasteiger partial charge on any atom is 0.156 e. The van der Waals surface area contributed by atoms with Gasteiger partial charge in [-0.25, -0.2) is 4.39 Å². The molecule has 0 aliphatic heterocycles. The molecule has 3 aromatic carbocycles. The quantitative estimate of drug-likeness (QED) is 0.324. The molecule has 0 saturated heterocycles. The van der Waals surface area contributed by atoms with Crippen LogP contribution in [0.5, 0.6) is 17.2 Å². The Morgan fingerprint density at radius 2 is 1.58 bits per heavy atom. The van der Waals surface area contributed by atoms with E-state index in [1.807, 2.05) is 63.2 Å². The van der Waals surface area contributed by atoms with Gasteiger partial charge in [-0.2, -0.15) is 0 Å². The Hall–Kier alpha value is -2.27. The highest BCUT2D eigenvalue weighted by Crippen LogP contribution is 2.38. The number of para-hydroxylation sites is 1. The van der Waals surface area contributed by atoms with Gasteiger partial charge in [-0.15, -0.1) is 0 Å². The van der Waals surface area contributed by atoms with Crippen LogP contribution < -0.4 is 9.47 Å². The van der Waals surface area contributed by atoms with Crippen molar-refractivity contribution in [2.75, 3.05) is 13.2 Å². The lowest BCUT2D eigenvalue weighted by atomic mass is 9.85. The third kappa shape index (κ3) is 6.13. The van der Waals surface area contributed by atoms with Crippen LogP contribution in [0.25, 0.3) is 0 Å². The first-order valence-corrected chi connectivity index (χ1v) is 10.8. The summed E-state index contributed by atoms with van der Waals surface area (Å²) in [6.45, 7) is 6.83. The first-order chi connectivity index (χ1) is 14.8. The van der Waals surface area contributed by atoms with Crippen molar-refractivity contribution in [3.05, 3.63) is 87.7 Å². The van der Waals surface area contributed by atoms with E-state index in [9.17, 15) is 4.39 Å². The summed E-state index contributed by atoms with van der Waals surface area (Å²) in [6.07, 6.45) is 0. The number of rotatable bonds is 9. The summed E-state index contributed by atoms with van der Waals surface area (Å²) in [7, 11) is 0. The summed E-state index contributed by atoms with van der Waals surface area (Å²) in [5, 5.41) is 0.906. The fourth-order valence-electron chi connectivity index (χ4n) is 3.08. The van der Waals surface area contributed by atoms with Gasteiger partial charge >= 0.3 is 0 Å². The molecule has 0 aliphatic carbocycles. The molecule has 0 aliphatic rings. The molecule has 0 N–H and O–H groups in total. The number of hydrogen-bond donors (Lipinski definition) is 0. The molecule has 6 heteroatoms. The van der Waals surface area contributed by atoms with Crippen LogP contribution in [0.1, 0.15) is 31.9 Å². The molecule has 3 rings (SSSR count). The molecule has 3 nitrogen and oxygen atoms in total. The van der Waals surface area contributed by atoms with Gasteiger partial charge < -0.3 is 14.2 Å². The van der Waals surface area contributed by atoms with E-state index >= 15 is 0 Å². The second-order valence-corrected chi connectivity index (χ2v) is 8.56. The van der Waals surface area contributed by atoms with Gasteiger partial charge in [0.1, 0.15) is 17.3 Å². The largest absolute Gasteiger partial charge is 0.491 e. The molecule has 0 spiro atoms. The second-order valence-electron chi connectivity index (χ2n) is 7.75. The molecule has 0 bridgehead atoms. The standard InChI is InChI=1S/C25H25Cl2FO3/c1-4-30-24-21(26)13-18(14-22(24)27)25(2,3)16-29-15-17-12-20(10-11-23(17)28)31-19-8-6-5-7-9-19/h5-14H,4,15-16H2,1-3H3. The van der Waals surface area contributed by atoms with Crippen LogP contribution in [0.3, 0.4) is 0 Å². The maximum absolute atomic E-state index is 14.3. The smallest absolute Gasteiger partial charge is 0.156 e. The van der Waals surface area contributed by atoms with Gasteiger partial charge in [0.2, 0.25) is 0 Å². The lowest BCUT2D eigenvalue weighted by Crippen LogP contribution is -2.24. The molecule has 3 aromatic rings. The normalized spacial score (nSPS) is 11.4. The van der Waals surface area contributed by atoms with Gasteiger partial charge in [-0.05, 0) is 55.0 Å². The Morgan fingerprint density at radius 3 is 2.23 bits per heavy atom. The lowest BCUT2D eigenvalue weighted by molar-refractivity contribution is 0.0805. The summed E-state index contributed by atoms with van der Waals surface area (Å²) < 4.78 is 31.4. The number of hydrogen-bond acceptors (Lipinski definition) is 3. The van der Waals surface area contributed by atoms with E-state index in [0.717, 1.165) is 5.56 Å². The summed E-state index contributed by atoms with van der Waals surface area (Å²) in [5.41, 5.74) is 0.937. The third-order valence-corrected chi connectivity index (χ3v) is 5.35. The summed E-state index contributed by atoms with van der Waals surface area (Å²) in [4.78, 5) is 0. The van der Waals surface area contributed by atoms with Crippen molar-refractivity contribution in [1.82, 2.24) is 0 Å². The molecule has 0 aromatic heterocycles. The zero-order valence-corrected chi connectivity index (χ0v) is 19.3. The number of halogens is 3. The first-order valence-electron chi connectivity index (χ1n) is 10.0. The Bertz CT molecular complexity index is 1000. The van der Waals surface area contributed by atoms with Gasteiger partial charge in [-0.1, -0.05) is 55.2 Å². The molecule has 31 heavy (non-hydrogen) atoms. The summed E-state index contributed by atoms with van der Waals surface area (Å²) in [5.74, 6) is 1.37. The Balaban J connectivity index is 1.67. The minimum absolute atomic E-state index is 0.111. The van der Waals surface area contributed by atoms with Gasteiger partial charge in [0, 0.05) is 11.0 Å². The number of benzene rings is 3. The van der Waals surface area contributed by atoms with Crippen LogP contribution in [-0.2, 0) is 16.8 Å². The second kappa shape index (κ2) is 10.4. The van der Waals surface area contributed by atoms with Gasteiger partial charge in [-0.3, -0.25) is 0 Å². The molecule has 0 radical (unpaired) electrons. The van der Waals surface area contributed by atoms with Crippen molar-refractivity contribution in [3.8, 4) is 17.2 Å². The topological polar surface area (TPSA) is 27.7 Å². The molecular formula is C25H25Cl2FO3. The summed E-state index contributed by atoms with van der Waals surface area (Å²) in [6, 6.07) is 17.6. The third-order valence-electron chi connectivity index (χ3n) is 4.78. The lowest BCUT2D eigenvalue weighted by Gasteiger charge is -2.26. The van der Waals surface area contributed by atoms with Crippen LogP contribution in [0.15, 0.2) is 60.7 Å².